The van der Waals surface area contributed by atoms with Crippen molar-refractivity contribution >= 4 is 16.2 Å². The molecular formula is C15H19N5O4S. The van der Waals surface area contributed by atoms with E-state index in [-0.39, 0.29) is 26.1 Å². The van der Waals surface area contributed by atoms with E-state index in [1.165, 1.54) is 6.08 Å². The summed E-state index contributed by atoms with van der Waals surface area (Å²) in [6.07, 6.45) is 1.80. The van der Waals surface area contributed by atoms with Crippen molar-refractivity contribution in [3.8, 4) is 0 Å². The van der Waals surface area contributed by atoms with Gasteiger partial charge in [0.25, 0.3) is 10.2 Å². The van der Waals surface area contributed by atoms with Crippen molar-refractivity contribution in [2.75, 3.05) is 13.1 Å². The van der Waals surface area contributed by atoms with Crippen molar-refractivity contribution in [2.45, 2.75) is 18.6 Å². The second kappa shape index (κ2) is 7.66. The Morgan fingerprint density at radius 1 is 1.52 bits per heavy atom. The summed E-state index contributed by atoms with van der Waals surface area (Å²) in [4.78, 5) is 15.4. The Morgan fingerprint density at radius 3 is 2.76 bits per heavy atom. The molecule has 1 aromatic rings. The molecule has 0 bridgehead atoms. The predicted molar refractivity (Wildman–Crippen MR) is 91.1 cm³/mol. The highest BCUT2D eigenvalue weighted by atomic mass is 32.2. The van der Waals surface area contributed by atoms with Gasteiger partial charge in [-0.15, -0.1) is 6.58 Å². The number of hydrogen-bond acceptors (Lipinski definition) is 5. The van der Waals surface area contributed by atoms with E-state index in [0.29, 0.717) is 0 Å². The number of carbonyl (C=O) groups is 1. The normalized spacial score (nSPS) is 23.6. The average Bonchev–Trinajstić information content (AvgIpc) is 2.94. The number of benzene rings is 1. The van der Waals surface area contributed by atoms with Crippen LogP contribution in [-0.4, -0.2) is 37.3 Å². The van der Waals surface area contributed by atoms with Crippen LogP contribution in [0.25, 0.3) is 10.4 Å². The highest BCUT2D eigenvalue weighted by molar-refractivity contribution is 7.86. The molecule has 1 heterocycles. The molecule has 0 unspecified atom stereocenters. The van der Waals surface area contributed by atoms with Gasteiger partial charge in [-0.3, -0.25) is 4.79 Å². The van der Waals surface area contributed by atoms with Crippen LogP contribution >= 0.6 is 0 Å². The van der Waals surface area contributed by atoms with Crippen LogP contribution in [0.5, 0.6) is 0 Å². The zero-order chi connectivity index (χ0) is 18.5. The zero-order valence-electron chi connectivity index (χ0n) is 13.5. The SMILES string of the molecule is C=CC[C@H]1CN(S(N)(=O)=O)C[C@@]1(N=[N+]=[N-])C(=O)OCc1ccccc1. The zero-order valence-corrected chi connectivity index (χ0v) is 14.3. The van der Waals surface area contributed by atoms with Crippen molar-refractivity contribution in [1.29, 1.82) is 0 Å². The van der Waals surface area contributed by atoms with Gasteiger partial charge in [0.2, 0.25) is 0 Å². The fourth-order valence-corrected chi connectivity index (χ4v) is 3.60. The summed E-state index contributed by atoms with van der Waals surface area (Å²) in [5.41, 5.74) is 8.01. The molecule has 1 saturated heterocycles. The fraction of sp³-hybridized carbons (Fsp3) is 0.400. The standard InChI is InChI=1S/C15H19N5O4S/c1-2-6-13-9-20(25(17,22)23)11-15(13,18-19-16)14(21)24-10-12-7-4-3-5-8-12/h2-5,7-8,13H,1,6,9-11H2,(H2,17,22,23)/t13-,15-/m0/s1. The lowest BCUT2D eigenvalue weighted by molar-refractivity contribution is -0.152. The summed E-state index contributed by atoms with van der Waals surface area (Å²) in [7, 11) is -4.04. The highest BCUT2D eigenvalue weighted by Gasteiger charge is 2.54. The van der Waals surface area contributed by atoms with Gasteiger partial charge in [-0.2, -0.15) is 12.7 Å². The molecule has 1 aliphatic rings. The number of esters is 1. The van der Waals surface area contributed by atoms with E-state index in [1.54, 1.807) is 24.3 Å². The molecule has 0 aliphatic carbocycles. The molecule has 2 atom stereocenters. The van der Waals surface area contributed by atoms with Gasteiger partial charge < -0.3 is 4.74 Å². The van der Waals surface area contributed by atoms with Crippen LogP contribution < -0.4 is 5.14 Å². The van der Waals surface area contributed by atoms with E-state index < -0.39 is 27.6 Å². The summed E-state index contributed by atoms with van der Waals surface area (Å²) in [5.74, 6) is -1.39. The van der Waals surface area contributed by atoms with Crippen molar-refractivity contribution in [1.82, 2.24) is 4.31 Å². The first-order valence-corrected chi connectivity index (χ1v) is 9.00. The quantitative estimate of drug-likeness (QED) is 0.257. The smallest absolute Gasteiger partial charge is 0.320 e. The van der Waals surface area contributed by atoms with Gasteiger partial charge in [0, 0.05) is 18.0 Å². The summed E-state index contributed by atoms with van der Waals surface area (Å²) in [6.45, 7) is 3.18. The maximum atomic E-state index is 12.7. The number of carbonyl (C=O) groups excluding carboxylic acids is 1. The maximum absolute atomic E-state index is 12.7. The molecular weight excluding hydrogens is 346 g/mol. The first-order chi connectivity index (χ1) is 11.8. The van der Waals surface area contributed by atoms with E-state index in [2.05, 4.69) is 16.6 Å². The van der Waals surface area contributed by atoms with Crippen LogP contribution in [0.1, 0.15) is 12.0 Å². The van der Waals surface area contributed by atoms with Crippen LogP contribution in [0.2, 0.25) is 0 Å². The lowest BCUT2D eigenvalue weighted by atomic mass is 9.85. The van der Waals surface area contributed by atoms with Gasteiger partial charge in [-0.05, 0) is 23.4 Å². The van der Waals surface area contributed by atoms with Crippen LogP contribution in [-0.2, 0) is 26.3 Å². The molecule has 134 valence electrons. The lowest BCUT2D eigenvalue weighted by Crippen LogP contribution is -2.46. The maximum Gasteiger partial charge on any atom is 0.320 e. The molecule has 0 aromatic heterocycles. The molecule has 1 fully saturated rings. The number of nitrogens with zero attached hydrogens (tertiary/aromatic N) is 4. The van der Waals surface area contributed by atoms with Gasteiger partial charge >= 0.3 is 5.97 Å². The molecule has 0 saturated carbocycles. The van der Waals surface area contributed by atoms with E-state index in [1.807, 2.05) is 6.07 Å². The Morgan fingerprint density at radius 2 is 2.20 bits per heavy atom. The summed E-state index contributed by atoms with van der Waals surface area (Å²) in [6, 6.07) is 8.98. The van der Waals surface area contributed by atoms with E-state index in [9.17, 15) is 13.2 Å². The van der Waals surface area contributed by atoms with Crippen LogP contribution in [0.3, 0.4) is 0 Å². The van der Waals surface area contributed by atoms with Crippen molar-refractivity contribution in [3.63, 3.8) is 0 Å². The first-order valence-electron chi connectivity index (χ1n) is 7.49. The minimum absolute atomic E-state index is 0.0153. The largest absolute Gasteiger partial charge is 0.460 e. The third kappa shape index (κ3) is 4.18. The van der Waals surface area contributed by atoms with Crippen LogP contribution in [0, 0.1) is 5.92 Å². The van der Waals surface area contributed by atoms with Crippen LogP contribution in [0.15, 0.2) is 48.1 Å². The number of azide groups is 1. The molecule has 1 aromatic carbocycles. The molecule has 0 radical (unpaired) electrons. The van der Waals surface area contributed by atoms with Crippen molar-refractivity contribution in [3.05, 3.63) is 59.0 Å². The molecule has 0 spiro atoms. The number of hydrogen-bond donors (Lipinski definition) is 1. The molecule has 9 nitrogen and oxygen atoms in total. The number of ether oxygens (including phenoxy) is 1. The Hall–Kier alpha value is -2.39. The molecule has 2 rings (SSSR count). The second-order valence-electron chi connectivity index (χ2n) is 5.73. The number of allylic oxidation sites excluding steroid dienone is 1. The third-order valence-corrected chi connectivity index (χ3v) is 5.12. The minimum Gasteiger partial charge on any atom is -0.460 e. The molecule has 1 aliphatic heterocycles. The Kier molecular flexibility index (Phi) is 5.81. The van der Waals surface area contributed by atoms with Crippen molar-refractivity contribution in [2.24, 2.45) is 16.2 Å². The Bertz CT molecular complexity index is 791. The lowest BCUT2D eigenvalue weighted by Gasteiger charge is -2.26. The third-order valence-electron chi connectivity index (χ3n) is 4.12. The molecule has 10 heteroatoms. The first kappa shape index (κ1) is 18.9. The van der Waals surface area contributed by atoms with Gasteiger partial charge in [0.1, 0.15) is 6.61 Å². The van der Waals surface area contributed by atoms with Gasteiger partial charge in [0.15, 0.2) is 5.54 Å². The number of rotatable bonds is 7. The number of nitrogens with two attached hydrogens (primary N) is 1. The Labute approximate surface area is 145 Å². The van der Waals surface area contributed by atoms with E-state index in [4.69, 9.17) is 15.4 Å². The summed E-state index contributed by atoms with van der Waals surface area (Å²) < 4.78 is 29.6. The fourth-order valence-electron chi connectivity index (χ4n) is 2.84. The van der Waals surface area contributed by atoms with Gasteiger partial charge in [-0.25, -0.2) is 5.14 Å². The van der Waals surface area contributed by atoms with Crippen molar-refractivity contribution < 1.29 is 17.9 Å². The topological polar surface area (TPSA) is 138 Å². The highest BCUT2D eigenvalue weighted by Crippen LogP contribution is 2.36. The summed E-state index contributed by atoms with van der Waals surface area (Å²) >= 11 is 0. The molecule has 0 amide bonds. The monoisotopic (exact) mass is 365 g/mol. The predicted octanol–water partition coefficient (Wildman–Crippen LogP) is 1.49. The average molecular weight is 365 g/mol. The minimum atomic E-state index is -4.04. The summed E-state index contributed by atoms with van der Waals surface area (Å²) in [5, 5.41) is 8.79. The second-order valence-corrected chi connectivity index (χ2v) is 7.28. The van der Waals surface area contributed by atoms with Gasteiger partial charge in [0.05, 0.1) is 0 Å². The van der Waals surface area contributed by atoms with E-state index >= 15 is 0 Å². The van der Waals surface area contributed by atoms with Crippen LogP contribution in [0.4, 0.5) is 0 Å². The van der Waals surface area contributed by atoms with Gasteiger partial charge in [-0.1, -0.05) is 41.5 Å². The molecule has 25 heavy (non-hydrogen) atoms. The van der Waals surface area contributed by atoms with E-state index in [0.717, 1.165) is 9.87 Å². The molecule has 2 N–H and O–H groups in total. The Balaban J connectivity index is 2.29.